The molecule has 0 aromatic carbocycles. The molecule has 1 aliphatic heterocycles. The summed E-state index contributed by atoms with van der Waals surface area (Å²) in [5, 5.41) is 20.3. The number of carbonyl (C=O) groups is 2. The molecule has 7 heteroatoms. The standard InChI is InChI=1S/C11H13NO5S/c1-17-8-2-3-18-9(8)10(14)12-5-6(13)4-7(12)11(15)16/h2-3,6-7,13H,4-5H2,1H3,(H,15,16)/t6?,7-/m0/s1. The molecule has 0 spiro atoms. The largest absolute Gasteiger partial charge is 0.495 e. The van der Waals surface area contributed by atoms with Gasteiger partial charge in [0.05, 0.1) is 13.2 Å². The number of aliphatic carboxylic acids is 1. The second-order valence-electron chi connectivity index (χ2n) is 4.02. The topological polar surface area (TPSA) is 87.1 Å². The van der Waals surface area contributed by atoms with Crippen LogP contribution in [0.5, 0.6) is 5.75 Å². The number of aliphatic hydroxyl groups is 1. The highest BCUT2D eigenvalue weighted by molar-refractivity contribution is 7.12. The minimum atomic E-state index is -1.10. The van der Waals surface area contributed by atoms with E-state index < -0.39 is 24.0 Å². The molecule has 1 aromatic rings. The van der Waals surface area contributed by atoms with Crippen LogP contribution in [-0.2, 0) is 4.79 Å². The molecule has 0 aliphatic carbocycles. The summed E-state index contributed by atoms with van der Waals surface area (Å²) in [6.45, 7) is 0.0385. The zero-order chi connectivity index (χ0) is 13.3. The van der Waals surface area contributed by atoms with Crippen molar-refractivity contribution in [2.45, 2.75) is 18.6 Å². The molecule has 2 N–H and O–H groups in total. The molecule has 6 nitrogen and oxygen atoms in total. The number of β-amino-alcohol motifs (C(OH)–C–C–N with tert-alkyl or cyclic N) is 1. The molecule has 1 aromatic heterocycles. The first-order valence-electron chi connectivity index (χ1n) is 5.38. The third-order valence-electron chi connectivity index (χ3n) is 2.87. The number of amides is 1. The van der Waals surface area contributed by atoms with E-state index in [0.29, 0.717) is 10.6 Å². The van der Waals surface area contributed by atoms with Gasteiger partial charge in [0.1, 0.15) is 16.7 Å². The van der Waals surface area contributed by atoms with Gasteiger partial charge < -0.3 is 19.8 Å². The Balaban J connectivity index is 2.25. The van der Waals surface area contributed by atoms with E-state index in [-0.39, 0.29) is 13.0 Å². The fraction of sp³-hybridized carbons (Fsp3) is 0.455. The Morgan fingerprint density at radius 2 is 2.28 bits per heavy atom. The van der Waals surface area contributed by atoms with Gasteiger partial charge in [-0.25, -0.2) is 4.79 Å². The lowest BCUT2D eigenvalue weighted by Crippen LogP contribution is -2.40. The predicted molar refractivity (Wildman–Crippen MR) is 64.0 cm³/mol. The lowest BCUT2D eigenvalue weighted by molar-refractivity contribution is -0.141. The number of carbonyl (C=O) groups excluding carboxylic acids is 1. The SMILES string of the molecule is COc1ccsc1C(=O)N1CC(O)C[C@H]1C(=O)O. The van der Waals surface area contributed by atoms with Gasteiger partial charge >= 0.3 is 5.97 Å². The lowest BCUT2D eigenvalue weighted by atomic mass is 10.2. The Morgan fingerprint density at radius 3 is 2.89 bits per heavy atom. The Bertz CT molecular complexity index is 472. The van der Waals surface area contributed by atoms with Crippen molar-refractivity contribution in [1.29, 1.82) is 0 Å². The molecule has 0 radical (unpaired) electrons. The number of aliphatic hydroxyl groups excluding tert-OH is 1. The maximum atomic E-state index is 12.2. The molecule has 98 valence electrons. The van der Waals surface area contributed by atoms with Gasteiger partial charge in [0.2, 0.25) is 0 Å². The van der Waals surface area contributed by atoms with Crippen molar-refractivity contribution in [2.75, 3.05) is 13.7 Å². The number of carboxylic acid groups (broad SMARTS) is 1. The zero-order valence-electron chi connectivity index (χ0n) is 9.70. The van der Waals surface area contributed by atoms with E-state index in [0.717, 1.165) is 0 Å². The smallest absolute Gasteiger partial charge is 0.326 e. The molecule has 1 fully saturated rings. The Kier molecular flexibility index (Phi) is 3.53. The van der Waals surface area contributed by atoms with E-state index in [1.165, 1.54) is 23.3 Å². The molecule has 0 bridgehead atoms. The molecule has 2 heterocycles. The predicted octanol–water partition coefficient (Wildman–Crippen LogP) is 0.417. The summed E-state index contributed by atoms with van der Waals surface area (Å²) < 4.78 is 5.04. The number of methoxy groups -OCH3 is 1. The van der Waals surface area contributed by atoms with Crippen LogP contribution < -0.4 is 4.74 Å². The van der Waals surface area contributed by atoms with Crippen LogP contribution in [0.25, 0.3) is 0 Å². The third-order valence-corrected chi connectivity index (χ3v) is 3.75. The zero-order valence-corrected chi connectivity index (χ0v) is 10.5. The van der Waals surface area contributed by atoms with Gasteiger partial charge in [0, 0.05) is 13.0 Å². The molecule has 1 unspecified atom stereocenters. The summed E-state index contributed by atoms with van der Waals surface area (Å²) in [4.78, 5) is 24.8. The number of rotatable bonds is 3. The third kappa shape index (κ3) is 2.19. The summed E-state index contributed by atoms with van der Waals surface area (Å²) in [5.74, 6) is -1.09. The number of thiophene rings is 1. The summed E-state index contributed by atoms with van der Waals surface area (Å²) in [6, 6.07) is 0.680. The minimum absolute atomic E-state index is 0.0385. The monoisotopic (exact) mass is 271 g/mol. The summed E-state index contributed by atoms with van der Waals surface area (Å²) in [5.41, 5.74) is 0. The fourth-order valence-corrected chi connectivity index (χ4v) is 2.83. The molecule has 2 atom stereocenters. The van der Waals surface area contributed by atoms with Gasteiger partial charge in [-0.15, -0.1) is 11.3 Å². The Labute approximate surface area is 107 Å². The number of nitrogens with zero attached hydrogens (tertiary/aromatic N) is 1. The van der Waals surface area contributed by atoms with E-state index in [1.54, 1.807) is 11.4 Å². The van der Waals surface area contributed by atoms with Crippen molar-refractivity contribution in [3.63, 3.8) is 0 Å². The quantitative estimate of drug-likeness (QED) is 0.831. The van der Waals surface area contributed by atoms with E-state index in [9.17, 15) is 14.7 Å². The lowest BCUT2D eigenvalue weighted by Gasteiger charge is -2.20. The number of carboxylic acids is 1. The van der Waals surface area contributed by atoms with Crippen molar-refractivity contribution >= 4 is 23.2 Å². The van der Waals surface area contributed by atoms with Crippen LogP contribution in [0.1, 0.15) is 16.1 Å². The summed E-state index contributed by atoms with van der Waals surface area (Å²) in [6.07, 6.45) is -0.726. The van der Waals surface area contributed by atoms with E-state index in [2.05, 4.69) is 0 Å². The molecule has 0 saturated carbocycles. The summed E-state index contributed by atoms with van der Waals surface area (Å²) in [7, 11) is 1.45. The van der Waals surface area contributed by atoms with E-state index in [1.807, 2.05) is 0 Å². The van der Waals surface area contributed by atoms with Gasteiger partial charge in [-0.05, 0) is 11.4 Å². The molecular formula is C11H13NO5S. The van der Waals surface area contributed by atoms with Crippen LogP contribution in [0.2, 0.25) is 0 Å². The molecule has 1 saturated heterocycles. The number of hydrogen-bond donors (Lipinski definition) is 2. The number of hydrogen-bond acceptors (Lipinski definition) is 5. The maximum absolute atomic E-state index is 12.2. The number of ether oxygens (including phenoxy) is 1. The van der Waals surface area contributed by atoms with Gasteiger partial charge in [-0.1, -0.05) is 0 Å². The van der Waals surface area contributed by atoms with Crippen LogP contribution in [0.3, 0.4) is 0 Å². The minimum Gasteiger partial charge on any atom is -0.495 e. The Hall–Kier alpha value is -1.60. The number of likely N-dealkylation sites (tertiary alicyclic amines) is 1. The highest BCUT2D eigenvalue weighted by Crippen LogP contribution is 2.29. The van der Waals surface area contributed by atoms with E-state index >= 15 is 0 Å². The van der Waals surface area contributed by atoms with Crippen LogP contribution in [-0.4, -0.2) is 52.8 Å². The molecule has 1 amide bonds. The average molecular weight is 271 g/mol. The molecule has 2 rings (SSSR count). The highest BCUT2D eigenvalue weighted by Gasteiger charge is 2.40. The van der Waals surface area contributed by atoms with Crippen LogP contribution >= 0.6 is 11.3 Å². The van der Waals surface area contributed by atoms with Crippen molar-refractivity contribution in [2.24, 2.45) is 0 Å². The van der Waals surface area contributed by atoms with Gasteiger partial charge in [0.15, 0.2) is 0 Å². The first-order valence-corrected chi connectivity index (χ1v) is 6.26. The van der Waals surface area contributed by atoms with Crippen LogP contribution in [0.15, 0.2) is 11.4 Å². The first-order chi connectivity index (χ1) is 8.54. The second-order valence-corrected chi connectivity index (χ2v) is 4.94. The van der Waals surface area contributed by atoms with Crippen molar-refractivity contribution in [1.82, 2.24) is 4.90 Å². The van der Waals surface area contributed by atoms with Crippen molar-refractivity contribution < 1.29 is 24.5 Å². The van der Waals surface area contributed by atoms with Gasteiger partial charge in [-0.2, -0.15) is 0 Å². The molecule has 18 heavy (non-hydrogen) atoms. The second kappa shape index (κ2) is 4.95. The van der Waals surface area contributed by atoms with Gasteiger partial charge in [-0.3, -0.25) is 4.79 Å². The Morgan fingerprint density at radius 1 is 1.56 bits per heavy atom. The van der Waals surface area contributed by atoms with Crippen molar-refractivity contribution in [3.05, 3.63) is 16.3 Å². The average Bonchev–Trinajstić information content (AvgIpc) is 2.93. The normalized spacial score (nSPS) is 23.1. The fourth-order valence-electron chi connectivity index (χ4n) is 2.02. The molecular weight excluding hydrogens is 258 g/mol. The summed E-state index contributed by atoms with van der Waals surface area (Å²) >= 11 is 1.19. The van der Waals surface area contributed by atoms with Crippen LogP contribution in [0.4, 0.5) is 0 Å². The van der Waals surface area contributed by atoms with Crippen LogP contribution in [0, 0.1) is 0 Å². The van der Waals surface area contributed by atoms with E-state index in [4.69, 9.17) is 9.84 Å². The van der Waals surface area contributed by atoms with Crippen molar-refractivity contribution in [3.8, 4) is 5.75 Å². The highest BCUT2D eigenvalue weighted by atomic mass is 32.1. The first kappa shape index (κ1) is 12.8. The maximum Gasteiger partial charge on any atom is 0.326 e. The van der Waals surface area contributed by atoms with Gasteiger partial charge in [0.25, 0.3) is 5.91 Å². The molecule has 1 aliphatic rings.